The van der Waals surface area contributed by atoms with Gasteiger partial charge in [-0.2, -0.15) is 0 Å². The molecule has 2 N–H and O–H groups in total. The fourth-order valence-electron chi connectivity index (χ4n) is 4.58. The maximum Gasteiger partial charge on any atom is 0.225 e. The van der Waals surface area contributed by atoms with Gasteiger partial charge in [0.2, 0.25) is 5.91 Å². The summed E-state index contributed by atoms with van der Waals surface area (Å²) in [6.45, 7) is 6.56. The highest BCUT2D eigenvalue weighted by molar-refractivity contribution is 5.79. The van der Waals surface area contributed by atoms with E-state index in [4.69, 9.17) is 5.73 Å². The first-order chi connectivity index (χ1) is 9.46. The van der Waals surface area contributed by atoms with E-state index >= 15 is 0 Å². The van der Waals surface area contributed by atoms with Gasteiger partial charge in [-0.05, 0) is 55.8 Å². The van der Waals surface area contributed by atoms with E-state index in [0.717, 1.165) is 38.8 Å². The summed E-state index contributed by atoms with van der Waals surface area (Å²) in [4.78, 5) is 14.9. The van der Waals surface area contributed by atoms with Crippen LogP contribution in [0.15, 0.2) is 0 Å². The quantitative estimate of drug-likeness (QED) is 0.801. The zero-order valence-electron chi connectivity index (χ0n) is 13.1. The lowest BCUT2D eigenvalue weighted by atomic mass is 9.64. The van der Waals surface area contributed by atoms with Crippen LogP contribution < -0.4 is 5.73 Å². The molecule has 3 rings (SSSR count). The molecule has 114 valence electrons. The Hall–Kier alpha value is -0.570. The molecule has 2 bridgehead atoms. The van der Waals surface area contributed by atoms with Gasteiger partial charge >= 0.3 is 0 Å². The van der Waals surface area contributed by atoms with Gasteiger partial charge in [0.15, 0.2) is 0 Å². The number of rotatable bonds is 1. The van der Waals surface area contributed by atoms with Gasteiger partial charge in [-0.25, -0.2) is 0 Å². The molecule has 2 unspecified atom stereocenters. The van der Waals surface area contributed by atoms with Gasteiger partial charge in [0.1, 0.15) is 0 Å². The molecular weight excluding hydrogens is 248 g/mol. The zero-order valence-corrected chi connectivity index (χ0v) is 13.1. The van der Waals surface area contributed by atoms with Crippen molar-refractivity contribution in [1.82, 2.24) is 4.90 Å². The molecule has 1 saturated heterocycles. The second-order valence-corrected chi connectivity index (χ2v) is 8.19. The van der Waals surface area contributed by atoms with E-state index in [-0.39, 0.29) is 5.92 Å². The topological polar surface area (TPSA) is 46.3 Å². The van der Waals surface area contributed by atoms with Crippen molar-refractivity contribution in [3.05, 3.63) is 0 Å². The molecule has 1 aliphatic heterocycles. The maximum atomic E-state index is 12.8. The molecule has 2 saturated carbocycles. The number of hydrogen-bond donors (Lipinski definition) is 1. The highest BCUT2D eigenvalue weighted by Crippen LogP contribution is 2.43. The van der Waals surface area contributed by atoms with Gasteiger partial charge in [-0.1, -0.05) is 20.3 Å². The summed E-state index contributed by atoms with van der Waals surface area (Å²) in [6.07, 6.45) is 8.22. The lowest BCUT2D eigenvalue weighted by Gasteiger charge is -2.45. The van der Waals surface area contributed by atoms with Crippen LogP contribution in [-0.4, -0.2) is 29.9 Å². The minimum absolute atomic E-state index is 0.270. The van der Waals surface area contributed by atoms with Crippen molar-refractivity contribution < 1.29 is 4.79 Å². The van der Waals surface area contributed by atoms with Crippen molar-refractivity contribution in [2.45, 2.75) is 64.8 Å². The average Bonchev–Trinajstić information content (AvgIpc) is 2.37. The lowest BCUT2D eigenvalue weighted by molar-refractivity contribution is -0.140. The highest BCUT2D eigenvalue weighted by atomic mass is 16.2. The Morgan fingerprint density at radius 2 is 1.65 bits per heavy atom. The van der Waals surface area contributed by atoms with E-state index < -0.39 is 0 Å². The van der Waals surface area contributed by atoms with Gasteiger partial charge in [0.25, 0.3) is 0 Å². The molecule has 3 heteroatoms. The van der Waals surface area contributed by atoms with Crippen LogP contribution in [-0.2, 0) is 4.79 Å². The molecule has 0 radical (unpaired) electrons. The normalized spacial score (nSPS) is 40.5. The fourth-order valence-corrected chi connectivity index (χ4v) is 4.58. The monoisotopic (exact) mass is 278 g/mol. The summed E-state index contributed by atoms with van der Waals surface area (Å²) in [6, 6.07) is 0.369. The fraction of sp³-hybridized carbons (Fsp3) is 0.941. The molecule has 3 aliphatic rings. The second kappa shape index (κ2) is 5.32. The number of nitrogens with zero attached hydrogens (tertiary/aromatic N) is 1. The second-order valence-electron chi connectivity index (χ2n) is 8.19. The van der Waals surface area contributed by atoms with E-state index in [0.29, 0.717) is 29.2 Å². The Balaban J connectivity index is 1.61. The predicted molar refractivity (Wildman–Crippen MR) is 81.1 cm³/mol. The molecule has 1 amide bonds. The zero-order chi connectivity index (χ0) is 14.3. The van der Waals surface area contributed by atoms with E-state index in [2.05, 4.69) is 18.7 Å². The molecule has 3 nitrogen and oxygen atoms in total. The third-order valence-corrected chi connectivity index (χ3v) is 6.19. The summed E-state index contributed by atoms with van der Waals surface area (Å²) in [5.41, 5.74) is 6.75. The number of piperidine rings is 1. The van der Waals surface area contributed by atoms with Gasteiger partial charge in [-0.3, -0.25) is 4.79 Å². The summed E-state index contributed by atoms with van der Waals surface area (Å²) >= 11 is 0. The van der Waals surface area contributed by atoms with E-state index in [9.17, 15) is 4.79 Å². The first-order valence-electron chi connectivity index (χ1n) is 8.51. The smallest absolute Gasteiger partial charge is 0.225 e. The van der Waals surface area contributed by atoms with Gasteiger partial charge in [0, 0.05) is 25.0 Å². The van der Waals surface area contributed by atoms with Crippen LogP contribution in [0.5, 0.6) is 0 Å². The SMILES string of the molecule is CC1(C)CCN(C(=O)C2CC3CCCC(C2)C3N)CC1. The first kappa shape index (κ1) is 14.4. The average molecular weight is 278 g/mol. The van der Waals surface area contributed by atoms with Gasteiger partial charge in [0.05, 0.1) is 0 Å². The summed E-state index contributed by atoms with van der Waals surface area (Å²) in [7, 11) is 0. The van der Waals surface area contributed by atoms with Crippen LogP contribution >= 0.6 is 0 Å². The molecule has 0 aromatic rings. The van der Waals surface area contributed by atoms with Crippen molar-refractivity contribution in [2.24, 2.45) is 28.9 Å². The molecule has 0 aromatic carbocycles. The number of fused-ring (bicyclic) bond motifs is 2. The molecule has 2 atom stereocenters. The third-order valence-electron chi connectivity index (χ3n) is 6.19. The Morgan fingerprint density at radius 3 is 2.20 bits per heavy atom. The molecule has 1 heterocycles. The van der Waals surface area contributed by atoms with Crippen LogP contribution in [0.25, 0.3) is 0 Å². The Labute approximate surface area is 123 Å². The van der Waals surface area contributed by atoms with E-state index in [1.165, 1.54) is 19.3 Å². The Kier molecular flexibility index (Phi) is 3.83. The van der Waals surface area contributed by atoms with Crippen molar-refractivity contribution in [3.8, 4) is 0 Å². The number of amides is 1. The van der Waals surface area contributed by atoms with Crippen LogP contribution in [0.1, 0.15) is 58.8 Å². The van der Waals surface area contributed by atoms with Crippen molar-refractivity contribution in [2.75, 3.05) is 13.1 Å². The number of carbonyl (C=O) groups is 1. The van der Waals surface area contributed by atoms with Crippen LogP contribution in [0.3, 0.4) is 0 Å². The van der Waals surface area contributed by atoms with Crippen molar-refractivity contribution in [1.29, 1.82) is 0 Å². The number of hydrogen-bond acceptors (Lipinski definition) is 2. The first-order valence-corrected chi connectivity index (χ1v) is 8.51. The standard InChI is InChI=1S/C17H30N2O/c1-17(2)6-8-19(9-7-17)16(20)14-10-12-4-3-5-13(11-14)15(12)18/h12-15H,3-11,18H2,1-2H3. The summed E-state index contributed by atoms with van der Waals surface area (Å²) < 4.78 is 0. The number of carbonyl (C=O) groups excluding carboxylic acids is 1. The van der Waals surface area contributed by atoms with Crippen LogP contribution in [0.2, 0.25) is 0 Å². The summed E-state index contributed by atoms with van der Waals surface area (Å²) in [5.74, 6) is 1.92. The van der Waals surface area contributed by atoms with E-state index in [1.807, 2.05) is 0 Å². The minimum atomic E-state index is 0.270. The largest absolute Gasteiger partial charge is 0.342 e. The third kappa shape index (κ3) is 2.74. The van der Waals surface area contributed by atoms with Crippen LogP contribution in [0, 0.1) is 23.2 Å². The number of likely N-dealkylation sites (tertiary alicyclic amines) is 1. The van der Waals surface area contributed by atoms with Crippen molar-refractivity contribution in [3.63, 3.8) is 0 Å². The molecule has 2 aliphatic carbocycles. The minimum Gasteiger partial charge on any atom is -0.342 e. The summed E-state index contributed by atoms with van der Waals surface area (Å²) in [5, 5.41) is 0. The molecule has 20 heavy (non-hydrogen) atoms. The molecule has 0 spiro atoms. The Bertz CT molecular complexity index is 355. The van der Waals surface area contributed by atoms with Crippen molar-refractivity contribution >= 4 is 5.91 Å². The molecule has 3 fully saturated rings. The predicted octanol–water partition coefficient (Wildman–Crippen LogP) is 2.79. The van der Waals surface area contributed by atoms with Gasteiger partial charge in [-0.15, -0.1) is 0 Å². The maximum absolute atomic E-state index is 12.8. The Morgan fingerprint density at radius 1 is 1.10 bits per heavy atom. The molecule has 0 aromatic heterocycles. The van der Waals surface area contributed by atoms with E-state index in [1.54, 1.807) is 0 Å². The van der Waals surface area contributed by atoms with Gasteiger partial charge < -0.3 is 10.6 Å². The highest BCUT2D eigenvalue weighted by Gasteiger charge is 2.42. The lowest BCUT2D eigenvalue weighted by Crippen LogP contribution is -2.51. The molecular formula is C17H30N2O. The number of nitrogens with two attached hydrogens (primary N) is 1. The van der Waals surface area contributed by atoms with Crippen LogP contribution in [0.4, 0.5) is 0 Å².